The van der Waals surface area contributed by atoms with Crippen LogP contribution in [0, 0.1) is 5.92 Å². The summed E-state index contributed by atoms with van der Waals surface area (Å²) in [6.45, 7) is 6.82. The molecule has 0 saturated heterocycles. The molecule has 0 saturated carbocycles. The second kappa shape index (κ2) is 6.48. The van der Waals surface area contributed by atoms with Crippen molar-refractivity contribution in [3.05, 3.63) is 24.0 Å². The zero-order chi connectivity index (χ0) is 12.0. The van der Waals surface area contributed by atoms with Gasteiger partial charge in [-0.1, -0.05) is 20.3 Å². The topological polar surface area (TPSA) is 42.4 Å². The van der Waals surface area contributed by atoms with Gasteiger partial charge in [0.25, 0.3) is 0 Å². The molecule has 0 bridgehead atoms. The summed E-state index contributed by atoms with van der Waals surface area (Å²) in [6.07, 6.45) is 4.78. The number of pyridine rings is 1. The molecule has 0 aromatic carbocycles. The van der Waals surface area contributed by atoms with E-state index in [1.165, 1.54) is 0 Å². The number of aliphatic hydroxyl groups excluding tert-OH is 1. The van der Waals surface area contributed by atoms with Crippen molar-refractivity contribution in [2.24, 2.45) is 5.92 Å². The number of nitrogens with zero attached hydrogens (tertiary/aromatic N) is 1. The van der Waals surface area contributed by atoms with E-state index in [4.69, 9.17) is 4.74 Å². The van der Waals surface area contributed by atoms with Gasteiger partial charge in [0, 0.05) is 11.8 Å². The highest BCUT2D eigenvalue weighted by atomic mass is 16.5. The largest absolute Gasteiger partial charge is 0.492 e. The lowest BCUT2D eigenvalue weighted by Gasteiger charge is -2.15. The molecule has 1 rings (SSSR count). The summed E-state index contributed by atoms with van der Waals surface area (Å²) in [5.41, 5.74) is 0.839. The van der Waals surface area contributed by atoms with E-state index in [0.29, 0.717) is 12.5 Å². The van der Waals surface area contributed by atoms with Crippen molar-refractivity contribution in [2.45, 2.75) is 39.7 Å². The molecule has 1 aromatic rings. The molecule has 1 aromatic heterocycles. The minimum Gasteiger partial charge on any atom is -0.492 e. The third-order valence-electron chi connectivity index (χ3n) is 2.75. The molecule has 3 nitrogen and oxygen atoms in total. The first-order valence-corrected chi connectivity index (χ1v) is 5.93. The van der Waals surface area contributed by atoms with E-state index in [1.807, 2.05) is 13.0 Å². The number of hydrogen-bond acceptors (Lipinski definition) is 3. The van der Waals surface area contributed by atoms with Crippen molar-refractivity contribution < 1.29 is 9.84 Å². The van der Waals surface area contributed by atoms with E-state index in [0.717, 1.165) is 24.2 Å². The molecule has 1 heterocycles. The minimum atomic E-state index is -0.442. The van der Waals surface area contributed by atoms with Crippen LogP contribution in [0.1, 0.15) is 45.3 Å². The maximum Gasteiger partial charge on any atom is 0.137 e. The Morgan fingerprint density at radius 2 is 2.12 bits per heavy atom. The van der Waals surface area contributed by atoms with Crippen LogP contribution in [-0.2, 0) is 0 Å². The molecule has 0 spiro atoms. The first-order valence-electron chi connectivity index (χ1n) is 5.93. The van der Waals surface area contributed by atoms with Crippen LogP contribution in [0.3, 0.4) is 0 Å². The molecule has 2 atom stereocenters. The fourth-order valence-electron chi connectivity index (χ4n) is 1.55. The van der Waals surface area contributed by atoms with Crippen molar-refractivity contribution in [1.29, 1.82) is 0 Å². The Morgan fingerprint density at radius 3 is 2.75 bits per heavy atom. The second-order valence-electron chi connectivity index (χ2n) is 4.15. The standard InChI is InChI=1S/C13H21NO2/c1-4-10(3)6-13(15)11-7-12(16-5-2)9-14-8-11/h7-10,13,15H,4-6H2,1-3H3. The molecule has 3 heteroatoms. The Bertz CT molecular complexity index is 315. The molecule has 0 aliphatic rings. The molecule has 0 radical (unpaired) electrons. The van der Waals surface area contributed by atoms with Crippen LogP contribution in [0.25, 0.3) is 0 Å². The zero-order valence-electron chi connectivity index (χ0n) is 10.3. The van der Waals surface area contributed by atoms with Crippen molar-refractivity contribution >= 4 is 0 Å². The van der Waals surface area contributed by atoms with Gasteiger partial charge in [-0.15, -0.1) is 0 Å². The summed E-state index contributed by atoms with van der Waals surface area (Å²) in [7, 11) is 0. The maximum atomic E-state index is 10.0. The highest BCUT2D eigenvalue weighted by molar-refractivity contribution is 5.25. The van der Waals surface area contributed by atoms with E-state index in [1.54, 1.807) is 12.4 Å². The molecule has 16 heavy (non-hydrogen) atoms. The minimum absolute atomic E-state index is 0.442. The van der Waals surface area contributed by atoms with Crippen LogP contribution in [0.4, 0.5) is 0 Å². The molecule has 90 valence electrons. The van der Waals surface area contributed by atoms with Crippen LogP contribution >= 0.6 is 0 Å². The Labute approximate surface area is 97.5 Å². The Balaban J connectivity index is 2.67. The third-order valence-corrected chi connectivity index (χ3v) is 2.75. The molecule has 0 aliphatic heterocycles. The van der Waals surface area contributed by atoms with Gasteiger partial charge in [0.05, 0.1) is 18.9 Å². The van der Waals surface area contributed by atoms with E-state index in [9.17, 15) is 5.11 Å². The van der Waals surface area contributed by atoms with Gasteiger partial charge < -0.3 is 9.84 Å². The monoisotopic (exact) mass is 223 g/mol. The van der Waals surface area contributed by atoms with Gasteiger partial charge in [0.2, 0.25) is 0 Å². The highest BCUT2D eigenvalue weighted by Crippen LogP contribution is 2.24. The molecular formula is C13H21NO2. The predicted octanol–water partition coefficient (Wildman–Crippen LogP) is 2.95. The SMILES string of the molecule is CCOc1cncc(C(O)CC(C)CC)c1. The van der Waals surface area contributed by atoms with Gasteiger partial charge in [-0.3, -0.25) is 4.98 Å². The fraction of sp³-hybridized carbons (Fsp3) is 0.615. The quantitative estimate of drug-likeness (QED) is 0.806. The average molecular weight is 223 g/mol. The second-order valence-corrected chi connectivity index (χ2v) is 4.15. The maximum absolute atomic E-state index is 10.0. The van der Waals surface area contributed by atoms with Crippen LogP contribution in [-0.4, -0.2) is 16.7 Å². The number of hydrogen-bond donors (Lipinski definition) is 1. The van der Waals surface area contributed by atoms with Crippen molar-refractivity contribution in [3.63, 3.8) is 0 Å². The Morgan fingerprint density at radius 1 is 1.38 bits per heavy atom. The van der Waals surface area contributed by atoms with Crippen LogP contribution in [0.2, 0.25) is 0 Å². The third kappa shape index (κ3) is 3.81. The van der Waals surface area contributed by atoms with Crippen molar-refractivity contribution in [1.82, 2.24) is 4.98 Å². The summed E-state index contributed by atoms with van der Waals surface area (Å²) < 4.78 is 5.35. The lowest BCUT2D eigenvalue weighted by atomic mass is 9.97. The summed E-state index contributed by atoms with van der Waals surface area (Å²) in [4.78, 5) is 4.07. The molecular weight excluding hydrogens is 202 g/mol. The summed E-state index contributed by atoms with van der Waals surface area (Å²) in [6, 6.07) is 1.86. The lowest BCUT2D eigenvalue weighted by Crippen LogP contribution is -2.04. The molecule has 0 fully saturated rings. The van der Waals surface area contributed by atoms with E-state index < -0.39 is 6.10 Å². The van der Waals surface area contributed by atoms with Gasteiger partial charge in [0.1, 0.15) is 5.75 Å². The van der Waals surface area contributed by atoms with Gasteiger partial charge in [-0.2, -0.15) is 0 Å². The Kier molecular flexibility index (Phi) is 5.26. The molecule has 1 N–H and O–H groups in total. The van der Waals surface area contributed by atoms with Gasteiger partial charge >= 0.3 is 0 Å². The molecule has 0 aliphatic carbocycles. The predicted molar refractivity (Wildman–Crippen MR) is 64.4 cm³/mol. The van der Waals surface area contributed by atoms with E-state index in [-0.39, 0.29) is 0 Å². The van der Waals surface area contributed by atoms with Gasteiger partial charge in [0.15, 0.2) is 0 Å². The number of aromatic nitrogens is 1. The smallest absolute Gasteiger partial charge is 0.137 e. The van der Waals surface area contributed by atoms with Crippen LogP contribution < -0.4 is 4.74 Å². The van der Waals surface area contributed by atoms with Crippen LogP contribution in [0.15, 0.2) is 18.5 Å². The summed E-state index contributed by atoms with van der Waals surface area (Å²) >= 11 is 0. The van der Waals surface area contributed by atoms with Gasteiger partial charge in [-0.05, 0) is 25.3 Å². The fourth-order valence-corrected chi connectivity index (χ4v) is 1.55. The first kappa shape index (κ1) is 13.0. The van der Waals surface area contributed by atoms with Crippen LogP contribution in [0.5, 0.6) is 5.75 Å². The first-order chi connectivity index (χ1) is 7.67. The number of rotatable bonds is 6. The van der Waals surface area contributed by atoms with E-state index >= 15 is 0 Å². The number of ether oxygens (including phenoxy) is 1. The summed E-state index contributed by atoms with van der Waals surface area (Å²) in [5, 5.41) is 10.0. The molecule has 2 unspecified atom stereocenters. The van der Waals surface area contributed by atoms with Crippen molar-refractivity contribution in [3.8, 4) is 5.75 Å². The number of aliphatic hydroxyl groups is 1. The summed E-state index contributed by atoms with van der Waals surface area (Å²) in [5.74, 6) is 1.24. The zero-order valence-corrected chi connectivity index (χ0v) is 10.3. The molecule has 0 amide bonds. The van der Waals surface area contributed by atoms with E-state index in [2.05, 4.69) is 18.8 Å². The Hall–Kier alpha value is -1.09. The van der Waals surface area contributed by atoms with Gasteiger partial charge in [-0.25, -0.2) is 0 Å². The normalized spacial score (nSPS) is 14.5. The average Bonchev–Trinajstić information content (AvgIpc) is 2.29. The van der Waals surface area contributed by atoms with Crippen molar-refractivity contribution in [2.75, 3.05) is 6.61 Å². The lowest BCUT2D eigenvalue weighted by molar-refractivity contribution is 0.145. The highest BCUT2D eigenvalue weighted by Gasteiger charge is 2.12.